The molecule has 1 fully saturated rings. The number of nitrogens with zero attached hydrogens (tertiary/aromatic N) is 3. The van der Waals surface area contributed by atoms with Crippen LogP contribution in [0.1, 0.15) is 73.6 Å². The fourth-order valence-electron chi connectivity index (χ4n) is 5.29. The summed E-state index contributed by atoms with van der Waals surface area (Å²) in [7, 11) is 2.15. The highest BCUT2D eigenvalue weighted by Gasteiger charge is 2.31. The van der Waals surface area contributed by atoms with Gasteiger partial charge in [-0.1, -0.05) is 6.92 Å². The van der Waals surface area contributed by atoms with Crippen LogP contribution in [0.25, 0.3) is 0 Å². The second kappa shape index (κ2) is 14.8. The van der Waals surface area contributed by atoms with Gasteiger partial charge in [-0.2, -0.15) is 0 Å². The van der Waals surface area contributed by atoms with Crippen LogP contribution in [0.4, 0.5) is 5.69 Å². The summed E-state index contributed by atoms with van der Waals surface area (Å²) in [5.41, 5.74) is 1.32. The highest BCUT2D eigenvalue weighted by Crippen LogP contribution is 2.31. The minimum absolute atomic E-state index is 0.0374. The molecule has 2 amide bonds. The number of ether oxygens (including phenoxy) is 2. The van der Waals surface area contributed by atoms with Crippen molar-refractivity contribution in [3.05, 3.63) is 53.9 Å². The molecule has 1 saturated carbocycles. The second-order valence-electron chi connectivity index (χ2n) is 11.9. The number of fused-ring (bicyclic) bond motifs is 1. The normalized spacial score (nSPS) is 23.3. The van der Waals surface area contributed by atoms with Crippen molar-refractivity contribution >= 4 is 17.5 Å². The Balaban J connectivity index is 1.62. The lowest BCUT2D eigenvalue weighted by Crippen LogP contribution is -2.47. The molecule has 41 heavy (non-hydrogen) atoms. The third kappa shape index (κ3) is 8.99. The van der Waals surface area contributed by atoms with Crippen molar-refractivity contribution in [3.8, 4) is 5.75 Å². The van der Waals surface area contributed by atoms with Crippen molar-refractivity contribution in [2.24, 2.45) is 11.8 Å². The molecule has 224 valence electrons. The maximum atomic E-state index is 14.2. The second-order valence-corrected chi connectivity index (χ2v) is 11.9. The summed E-state index contributed by atoms with van der Waals surface area (Å²) in [5.74, 6) is 0.756. The van der Waals surface area contributed by atoms with Crippen LogP contribution in [0.2, 0.25) is 0 Å². The fourth-order valence-corrected chi connectivity index (χ4v) is 5.29. The van der Waals surface area contributed by atoms with E-state index < -0.39 is 6.04 Å². The van der Waals surface area contributed by atoms with Gasteiger partial charge in [0, 0.05) is 55.8 Å². The first kappa shape index (κ1) is 30.9. The molecule has 2 aliphatic rings. The summed E-state index contributed by atoms with van der Waals surface area (Å²) in [5, 5.41) is 13.0. The molecule has 4 atom stereocenters. The lowest BCUT2D eigenvalue weighted by molar-refractivity contribution is -0.0172. The first-order valence-electron chi connectivity index (χ1n) is 15.0. The van der Waals surface area contributed by atoms with Gasteiger partial charge in [0.05, 0.1) is 30.4 Å². The van der Waals surface area contributed by atoms with Crippen molar-refractivity contribution in [2.75, 3.05) is 45.2 Å². The van der Waals surface area contributed by atoms with E-state index in [0.717, 1.165) is 38.3 Å². The Morgan fingerprint density at radius 1 is 1.15 bits per heavy atom. The summed E-state index contributed by atoms with van der Waals surface area (Å²) in [6.45, 7) is 8.76. The Hall–Kier alpha value is -3.01. The molecule has 2 aromatic rings. The Morgan fingerprint density at radius 2 is 1.90 bits per heavy atom. The maximum Gasteiger partial charge on any atom is 0.258 e. The molecule has 1 aliphatic heterocycles. The van der Waals surface area contributed by atoms with Crippen LogP contribution in [0.5, 0.6) is 5.75 Å². The fraction of sp³-hybridized carbons (Fsp3) is 0.594. The summed E-state index contributed by atoms with van der Waals surface area (Å²) < 4.78 is 12.7. The van der Waals surface area contributed by atoms with Crippen molar-refractivity contribution in [1.82, 2.24) is 14.8 Å². The van der Waals surface area contributed by atoms with Gasteiger partial charge in [0.2, 0.25) is 0 Å². The van der Waals surface area contributed by atoms with Gasteiger partial charge in [-0.3, -0.25) is 14.6 Å². The van der Waals surface area contributed by atoms with Gasteiger partial charge >= 0.3 is 0 Å². The first-order valence-corrected chi connectivity index (χ1v) is 15.0. The van der Waals surface area contributed by atoms with Gasteiger partial charge in [-0.15, -0.1) is 0 Å². The number of aliphatic hydroxyl groups is 1. The lowest BCUT2D eigenvalue weighted by atomic mass is 10.0. The average Bonchev–Trinajstić information content (AvgIpc) is 3.78. The Morgan fingerprint density at radius 3 is 2.61 bits per heavy atom. The van der Waals surface area contributed by atoms with Crippen molar-refractivity contribution in [2.45, 2.75) is 71.1 Å². The third-order valence-electron chi connectivity index (χ3n) is 8.01. The molecular weight excluding hydrogens is 520 g/mol. The number of rotatable bonds is 8. The molecule has 9 heteroatoms. The largest absolute Gasteiger partial charge is 0.490 e. The van der Waals surface area contributed by atoms with Gasteiger partial charge in [0.1, 0.15) is 5.75 Å². The van der Waals surface area contributed by atoms with E-state index in [0.29, 0.717) is 35.7 Å². The molecule has 1 aliphatic carbocycles. The molecule has 1 aromatic carbocycles. The molecule has 2 heterocycles. The smallest absolute Gasteiger partial charge is 0.258 e. The maximum absolute atomic E-state index is 14.2. The lowest BCUT2D eigenvalue weighted by Gasteiger charge is -2.36. The minimum atomic E-state index is -0.414. The van der Waals surface area contributed by atoms with Crippen LogP contribution in [-0.2, 0) is 4.74 Å². The molecule has 9 nitrogen and oxygen atoms in total. The van der Waals surface area contributed by atoms with E-state index in [1.54, 1.807) is 47.6 Å². The number of amides is 2. The number of likely N-dealkylation sites (N-methyl/N-ethyl adjacent to an activating group) is 1. The van der Waals surface area contributed by atoms with Crippen molar-refractivity contribution in [3.63, 3.8) is 0 Å². The Labute approximate surface area is 244 Å². The number of hydrogen-bond donors (Lipinski definition) is 2. The van der Waals surface area contributed by atoms with E-state index in [1.807, 2.05) is 13.8 Å². The van der Waals surface area contributed by atoms with Crippen LogP contribution in [0.15, 0.2) is 42.7 Å². The molecule has 0 unspecified atom stereocenters. The number of carbonyl (C=O) groups is 2. The van der Waals surface area contributed by atoms with Crippen LogP contribution in [-0.4, -0.2) is 89.9 Å². The molecule has 0 spiro atoms. The van der Waals surface area contributed by atoms with Gasteiger partial charge < -0.3 is 29.7 Å². The van der Waals surface area contributed by atoms with Crippen LogP contribution in [0, 0.1) is 11.8 Å². The summed E-state index contributed by atoms with van der Waals surface area (Å²) in [6.07, 6.45) is 8.30. The predicted molar refractivity (Wildman–Crippen MR) is 159 cm³/mol. The highest BCUT2D eigenvalue weighted by molar-refractivity contribution is 6.05. The van der Waals surface area contributed by atoms with E-state index in [2.05, 4.69) is 29.2 Å². The van der Waals surface area contributed by atoms with Gasteiger partial charge in [0.15, 0.2) is 0 Å². The molecule has 0 radical (unpaired) electrons. The van der Waals surface area contributed by atoms with Crippen LogP contribution < -0.4 is 10.1 Å². The molecule has 0 saturated heterocycles. The minimum Gasteiger partial charge on any atom is -0.490 e. The zero-order valence-electron chi connectivity index (χ0n) is 24.9. The quantitative estimate of drug-likeness (QED) is 0.486. The Bertz CT molecular complexity index is 1140. The number of pyridine rings is 1. The average molecular weight is 567 g/mol. The van der Waals surface area contributed by atoms with Gasteiger partial charge in [-0.05, 0) is 89.2 Å². The van der Waals surface area contributed by atoms with E-state index in [9.17, 15) is 14.7 Å². The number of anilines is 1. The number of nitrogens with one attached hydrogen (secondary N) is 1. The van der Waals surface area contributed by atoms with Crippen molar-refractivity contribution < 1.29 is 24.2 Å². The number of aliphatic hydroxyl groups excluding tert-OH is 1. The highest BCUT2D eigenvalue weighted by atomic mass is 16.5. The standard InChI is InChI=1S/C32H46N4O5/c1-22-18-36(23(2)21-37)32(39)28-17-27(34-31(38)26-12-14-33-15-13-26)10-11-29(28)41-24(3)7-5-6-16-40-30(22)20-35(4)19-25-8-9-25/h10-15,17,22-25,30,37H,5-9,16,18-21H2,1-4H3,(H,34,38)/t22-,23-,24+,30-/m1/s1. The number of carbonyl (C=O) groups excluding carboxylic acids is 2. The van der Waals surface area contributed by atoms with Gasteiger partial charge in [0.25, 0.3) is 11.8 Å². The zero-order chi connectivity index (χ0) is 29.4. The van der Waals surface area contributed by atoms with E-state index >= 15 is 0 Å². The monoisotopic (exact) mass is 566 g/mol. The number of benzene rings is 1. The molecule has 1 aromatic heterocycles. The molecule has 2 N–H and O–H groups in total. The topological polar surface area (TPSA) is 104 Å². The van der Waals surface area contributed by atoms with Crippen LogP contribution >= 0.6 is 0 Å². The Kier molecular flexibility index (Phi) is 11.1. The number of hydrogen-bond acceptors (Lipinski definition) is 7. The predicted octanol–water partition coefficient (Wildman–Crippen LogP) is 4.47. The molecule has 4 rings (SSSR count). The van der Waals surface area contributed by atoms with Crippen molar-refractivity contribution in [1.29, 1.82) is 0 Å². The molecule has 0 bridgehead atoms. The summed E-state index contributed by atoms with van der Waals surface area (Å²) >= 11 is 0. The van der Waals surface area contributed by atoms with E-state index in [-0.39, 0.29) is 36.5 Å². The summed E-state index contributed by atoms with van der Waals surface area (Å²) in [6, 6.07) is 8.04. The molecular formula is C32H46N4O5. The first-order chi connectivity index (χ1) is 19.7. The van der Waals surface area contributed by atoms with E-state index in [1.165, 1.54) is 12.8 Å². The third-order valence-corrected chi connectivity index (χ3v) is 8.01. The van der Waals surface area contributed by atoms with E-state index in [4.69, 9.17) is 9.47 Å². The van der Waals surface area contributed by atoms with Crippen LogP contribution in [0.3, 0.4) is 0 Å². The van der Waals surface area contributed by atoms with Gasteiger partial charge in [-0.25, -0.2) is 0 Å². The zero-order valence-corrected chi connectivity index (χ0v) is 24.9. The number of aromatic nitrogens is 1. The summed E-state index contributed by atoms with van der Waals surface area (Å²) in [4.78, 5) is 35.1. The SMILES string of the molecule is C[C@@H]1CN([C@H](C)CO)C(=O)c2cc(NC(=O)c3ccncc3)ccc2O[C@@H](C)CCCCO[C@@H]1CN(C)CC1CC1.